The first-order valence-corrected chi connectivity index (χ1v) is 7.17. The van der Waals surface area contributed by atoms with Crippen molar-refractivity contribution in [2.24, 2.45) is 5.92 Å². The molecule has 2 rings (SSSR count). The second-order valence-electron chi connectivity index (χ2n) is 6.37. The number of carbonyl (C=O) groups is 2. The fraction of sp³-hybridized carbons (Fsp3) is 0.733. The Bertz CT molecular complexity index is 440. The molecule has 1 saturated heterocycles. The summed E-state index contributed by atoms with van der Waals surface area (Å²) in [6.07, 6.45) is 3.89. The SMILES string of the molecule is COC(=O)[C@@H]1[C@@H]2OCC=CC[C@H]2CN1C(=O)OC(C)(C)C. The molecule has 2 aliphatic rings. The summed E-state index contributed by atoms with van der Waals surface area (Å²) in [7, 11) is 1.32. The van der Waals surface area contributed by atoms with Crippen LogP contribution in [0.3, 0.4) is 0 Å². The third kappa shape index (κ3) is 3.56. The third-order valence-electron chi connectivity index (χ3n) is 3.60. The Morgan fingerprint density at radius 2 is 2.00 bits per heavy atom. The summed E-state index contributed by atoms with van der Waals surface area (Å²) in [5.74, 6) is -0.379. The lowest BCUT2D eigenvalue weighted by molar-refractivity contribution is -0.150. The smallest absolute Gasteiger partial charge is 0.411 e. The molecule has 118 valence electrons. The quantitative estimate of drug-likeness (QED) is 0.545. The van der Waals surface area contributed by atoms with E-state index in [-0.39, 0.29) is 12.0 Å². The maximum absolute atomic E-state index is 12.3. The lowest BCUT2D eigenvalue weighted by Crippen LogP contribution is -2.48. The van der Waals surface area contributed by atoms with Crippen LogP contribution < -0.4 is 0 Å². The van der Waals surface area contributed by atoms with Gasteiger partial charge in [0.05, 0.1) is 19.8 Å². The van der Waals surface area contributed by atoms with Crippen molar-refractivity contribution < 1.29 is 23.8 Å². The van der Waals surface area contributed by atoms with Gasteiger partial charge < -0.3 is 14.2 Å². The van der Waals surface area contributed by atoms with Crippen LogP contribution in [0.25, 0.3) is 0 Å². The number of likely N-dealkylation sites (tertiary alicyclic amines) is 1. The van der Waals surface area contributed by atoms with E-state index in [4.69, 9.17) is 14.2 Å². The van der Waals surface area contributed by atoms with E-state index in [0.717, 1.165) is 6.42 Å². The van der Waals surface area contributed by atoms with Gasteiger partial charge in [-0.15, -0.1) is 0 Å². The van der Waals surface area contributed by atoms with Crippen molar-refractivity contribution in [3.8, 4) is 0 Å². The average Bonchev–Trinajstić information content (AvgIpc) is 2.59. The van der Waals surface area contributed by atoms with E-state index in [0.29, 0.717) is 13.2 Å². The molecule has 0 aromatic carbocycles. The molecule has 0 aromatic heterocycles. The van der Waals surface area contributed by atoms with Gasteiger partial charge in [-0.25, -0.2) is 9.59 Å². The van der Waals surface area contributed by atoms with Crippen molar-refractivity contribution in [2.75, 3.05) is 20.3 Å². The molecule has 0 unspecified atom stereocenters. The van der Waals surface area contributed by atoms with Gasteiger partial charge in [0.15, 0.2) is 6.04 Å². The Morgan fingerprint density at radius 3 is 2.62 bits per heavy atom. The molecule has 2 heterocycles. The molecule has 0 bridgehead atoms. The van der Waals surface area contributed by atoms with Gasteiger partial charge in [-0.1, -0.05) is 12.2 Å². The first kappa shape index (κ1) is 15.8. The van der Waals surface area contributed by atoms with Crippen molar-refractivity contribution in [1.82, 2.24) is 4.90 Å². The fourth-order valence-corrected chi connectivity index (χ4v) is 2.74. The van der Waals surface area contributed by atoms with E-state index in [9.17, 15) is 9.59 Å². The van der Waals surface area contributed by atoms with Gasteiger partial charge in [0.1, 0.15) is 5.60 Å². The highest BCUT2D eigenvalue weighted by atomic mass is 16.6. The molecule has 1 amide bonds. The average molecular weight is 297 g/mol. The maximum Gasteiger partial charge on any atom is 0.411 e. The minimum atomic E-state index is -0.741. The molecule has 0 N–H and O–H groups in total. The monoisotopic (exact) mass is 297 g/mol. The van der Waals surface area contributed by atoms with Crippen molar-refractivity contribution in [2.45, 2.75) is 44.9 Å². The Morgan fingerprint density at radius 1 is 1.29 bits per heavy atom. The highest BCUT2D eigenvalue weighted by Gasteiger charge is 2.50. The third-order valence-corrected chi connectivity index (χ3v) is 3.60. The van der Waals surface area contributed by atoms with Gasteiger partial charge in [-0.3, -0.25) is 4.90 Å². The van der Waals surface area contributed by atoms with Crippen molar-refractivity contribution in [1.29, 1.82) is 0 Å². The highest BCUT2D eigenvalue weighted by molar-refractivity contribution is 5.83. The zero-order chi connectivity index (χ0) is 15.6. The number of methoxy groups -OCH3 is 1. The summed E-state index contributed by atoms with van der Waals surface area (Å²) in [5.41, 5.74) is -0.608. The summed E-state index contributed by atoms with van der Waals surface area (Å²) in [6, 6.07) is -0.741. The molecular weight excluding hydrogens is 274 g/mol. The number of esters is 1. The molecule has 3 atom stereocenters. The number of nitrogens with zero attached hydrogens (tertiary/aromatic N) is 1. The van der Waals surface area contributed by atoms with Crippen LogP contribution in [0.15, 0.2) is 12.2 Å². The van der Waals surface area contributed by atoms with E-state index >= 15 is 0 Å². The van der Waals surface area contributed by atoms with E-state index < -0.39 is 23.7 Å². The Labute approximate surface area is 125 Å². The minimum Gasteiger partial charge on any atom is -0.467 e. The molecule has 2 aliphatic heterocycles. The number of ether oxygens (including phenoxy) is 3. The highest BCUT2D eigenvalue weighted by Crippen LogP contribution is 2.32. The van der Waals surface area contributed by atoms with Crippen LogP contribution in [-0.2, 0) is 19.0 Å². The topological polar surface area (TPSA) is 65.1 Å². The molecule has 6 heteroatoms. The van der Waals surface area contributed by atoms with Gasteiger partial charge in [0.25, 0.3) is 0 Å². The summed E-state index contributed by atoms with van der Waals surface area (Å²) in [4.78, 5) is 25.9. The summed E-state index contributed by atoms with van der Waals surface area (Å²) >= 11 is 0. The molecule has 21 heavy (non-hydrogen) atoms. The predicted molar refractivity (Wildman–Crippen MR) is 75.7 cm³/mol. The van der Waals surface area contributed by atoms with Gasteiger partial charge >= 0.3 is 12.1 Å². The van der Waals surface area contributed by atoms with E-state index in [1.54, 1.807) is 20.8 Å². The second kappa shape index (κ2) is 6.05. The molecule has 0 spiro atoms. The van der Waals surface area contributed by atoms with Crippen LogP contribution in [0.1, 0.15) is 27.2 Å². The molecule has 0 radical (unpaired) electrons. The minimum absolute atomic E-state index is 0.0837. The number of allylic oxidation sites excluding steroid dienone is 1. The Kier molecular flexibility index (Phi) is 4.56. The van der Waals surface area contributed by atoms with Gasteiger partial charge in [0, 0.05) is 12.5 Å². The van der Waals surface area contributed by atoms with Crippen LogP contribution in [-0.4, -0.2) is 55.0 Å². The fourth-order valence-electron chi connectivity index (χ4n) is 2.74. The van der Waals surface area contributed by atoms with E-state index in [2.05, 4.69) is 0 Å². The molecule has 6 nitrogen and oxygen atoms in total. The zero-order valence-corrected chi connectivity index (χ0v) is 13.0. The van der Waals surface area contributed by atoms with Crippen molar-refractivity contribution >= 4 is 12.1 Å². The lowest BCUT2D eigenvalue weighted by Gasteiger charge is -2.28. The van der Waals surface area contributed by atoms with Crippen LogP contribution in [0.4, 0.5) is 4.79 Å². The summed E-state index contributed by atoms with van der Waals surface area (Å²) in [5, 5.41) is 0. The van der Waals surface area contributed by atoms with Gasteiger partial charge in [-0.2, -0.15) is 0 Å². The normalized spacial score (nSPS) is 28.8. The predicted octanol–water partition coefficient (Wildman–Crippen LogP) is 1.74. The van der Waals surface area contributed by atoms with Crippen molar-refractivity contribution in [3.63, 3.8) is 0 Å². The number of amides is 1. The van der Waals surface area contributed by atoms with Crippen LogP contribution in [0, 0.1) is 5.92 Å². The molecule has 0 aliphatic carbocycles. The standard InChI is InChI=1S/C15H23NO5/c1-15(2,3)21-14(18)16-9-10-7-5-6-8-20-12(10)11(16)13(17)19-4/h5-6,10-12H,7-9H2,1-4H3/t10-,11-,12+/m0/s1. The summed E-state index contributed by atoms with van der Waals surface area (Å²) in [6.45, 7) is 6.27. The number of fused-ring (bicyclic) bond motifs is 1. The zero-order valence-electron chi connectivity index (χ0n) is 13.0. The largest absolute Gasteiger partial charge is 0.467 e. The number of hydrogen-bond donors (Lipinski definition) is 0. The molecule has 0 aromatic rings. The van der Waals surface area contributed by atoms with Gasteiger partial charge in [0.2, 0.25) is 0 Å². The number of carbonyl (C=O) groups excluding carboxylic acids is 2. The first-order chi connectivity index (χ1) is 9.83. The molecule has 1 fully saturated rings. The van der Waals surface area contributed by atoms with E-state index in [1.807, 2.05) is 12.2 Å². The first-order valence-electron chi connectivity index (χ1n) is 7.17. The second-order valence-corrected chi connectivity index (χ2v) is 6.37. The van der Waals surface area contributed by atoms with E-state index in [1.165, 1.54) is 12.0 Å². The molecule has 0 saturated carbocycles. The maximum atomic E-state index is 12.3. The summed E-state index contributed by atoms with van der Waals surface area (Å²) < 4.78 is 16.0. The Hall–Kier alpha value is -1.56. The number of hydrogen-bond acceptors (Lipinski definition) is 5. The van der Waals surface area contributed by atoms with Gasteiger partial charge in [-0.05, 0) is 27.2 Å². The van der Waals surface area contributed by atoms with Crippen LogP contribution in [0.5, 0.6) is 0 Å². The number of rotatable bonds is 1. The Balaban J connectivity index is 2.20. The molecular formula is C15H23NO5. The van der Waals surface area contributed by atoms with Crippen LogP contribution in [0.2, 0.25) is 0 Å². The van der Waals surface area contributed by atoms with Crippen LogP contribution >= 0.6 is 0 Å². The lowest BCUT2D eigenvalue weighted by atomic mass is 9.98. The van der Waals surface area contributed by atoms with Crippen molar-refractivity contribution in [3.05, 3.63) is 12.2 Å².